The Morgan fingerprint density at radius 2 is 2.04 bits per heavy atom. The highest BCUT2D eigenvalue weighted by Crippen LogP contribution is 2.21. The maximum absolute atomic E-state index is 5.82. The highest BCUT2D eigenvalue weighted by Gasteiger charge is 2.12. The third-order valence-corrected chi connectivity index (χ3v) is 5.19. The summed E-state index contributed by atoms with van der Waals surface area (Å²) in [4.78, 5) is 0. The lowest BCUT2D eigenvalue weighted by Gasteiger charge is -2.15. The van der Waals surface area contributed by atoms with Crippen LogP contribution in [-0.4, -0.2) is 44.3 Å². The lowest BCUT2D eigenvalue weighted by atomic mass is 10.2. The molecule has 0 bridgehead atoms. The molecule has 0 aliphatic carbocycles. The van der Waals surface area contributed by atoms with Crippen molar-refractivity contribution >= 4 is 19.0 Å². The van der Waals surface area contributed by atoms with Gasteiger partial charge in [0.05, 0.1) is 12.1 Å². The molecule has 0 aliphatic rings. The van der Waals surface area contributed by atoms with E-state index in [1.807, 2.05) is 36.0 Å². The first kappa shape index (κ1) is 18.0. The molecule has 23 heavy (non-hydrogen) atoms. The van der Waals surface area contributed by atoms with Crippen molar-refractivity contribution in [1.82, 2.24) is 9.78 Å². The van der Waals surface area contributed by atoms with Gasteiger partial charge in [-0.05, 0) is 31.2 Å². The second-order valence-electron chi connectivity index (χ2n) is 7.12. The highest BCUT2D eigenvalue weighted by atomic mass is 28.3. The van der Waals surface area contributed by atoms with Crippen molar-refractivity contribution in [3.63, 3.8) is 0 Å². The maximum atomic E-state index is 5.82. The van der Waals surface area contributed by atoms with E-state index in [0.29, 0.717) is 13.3 Å². The van der Waals surface area contributed by atoms with Gasteiger partial charge in [-0.2, -0.15) is 5.10 Å². The van der Waals surface area contributed by atoms with E-state index in [1.54, 1.807) is 7.11 Å². The normalized spacial score (nSPS) is 13.4. The molecule has 0 amide bonds. The van der Waals surface area contributed by atoms with Crippen LogP contribution in [0.2, 0.25) is 25.7 Å². The van der Waals surface area contributed by atoms with Crippen molar-refractivity contribution < 1.29 is 14.2 Å². The summed E-state index contributed by atoms with van der Waals surface area (Å²) in [6.45, 7) is 10.9. The third kappa shape index (κ3) is 5.97. The first-order chi connectivity index (χ1) is 10.9. The Morgan fingerprint density at radius 3 is 2.74 bits per heavy atom. The van der Waals surface area contributed by atoms with Gasteiger partial charge >= 0.3 is 0 Å². The van der Waals surface area contributed by atoms with Gasteiger partial charge in [0, 0.05) is 33.4 Å². The molecule has 1 aromatic heterocycles. The molecular weight excluding hydrogens is 308 g/mol. The molecule has 2 rings (SSSR count). The summed E-state index contributed by atoms with van der Waals surface area (Å²) >= 11 is 0. The lowest BCUT2D eigenvalue weighted by Crippen LogP contribution is -2.22. The maximum Gasteiger partial charge on any atom is 0.139 e. The SMILES string of the molecule is COC[C@@H](C)Oc1ccc2nn(COCC[Si](C)(C)C)cc2c1. The number of hydrogen-bond donors (Lipinski definition) is 0. The summed E-state index contributed by atoms with van der Waals surface area (Å²) in [6.07, 6.45) is 2.02. The van der Waals surface area contributed by atoms with Crippen LogP contribution in [0.3, 0.4) is 0 Å². The molecule has 1 aromatic carbocycles. The zero-order valence-electron chi connectivity index (χ0n) is 14.8. The number of nitrogens with zero attached hydrogens (tertiary/aromatic N) is 2. The summed E-state index contributed by atoms with van der Waals surface area (Å²) in [5.74, 6) is 0.834. The quantitative estimate of drug-likeness (QED) is 0.517. The fourth-order valence-electron chi connectivity index (χ4n) is 2.23. The van der Waals surface area contributed by atoms with Crippen LogP contribution in [0.25, 0.3) is 10.9 Å². The van der Waals surface area contributed by atoms with Crippen LogP contribution in [0.15, 0.2) is 24.4 Å². The molecule has 0 aliphatic heterocycles. The van der Waals surface area contributed by atoms with Crippen LogP contribution in [0.5, 0.6) is 5.75 Å². The minimum Gasteiger partial charge on any atom is -0.488 e. The average Bonchev–Trinajstić information content (AvgIpc) is 2.85. The molecule has 0 fully saturated rings. The molecule has 0 spiro atoms. The van der Waals surface area contributed by atoms with E-state index in [4.69, 9.17) is 14.2 Å². The van der Waals surface area contributed by atoms with Gasteiger partial charge < -0.3 is 14.2 Å². The smallest absolute Gasteiger partial charge is 0.139 e. The number of ether oxygens (including phenoxy) is 3. The first-order valence-electron chi connectivity index (χ1n) is 8.08. The van der Waals surface area contributed by atoms with Gasteiger partial charge in [-0.25, -0.2) is 4.68 Å². The molecular formula is C17H28N2O3Si. The summed E-state index contributed by atoms with van der Waals surface area (Å²) in [7, 11) is 0.637. The molecule has 0 unspecified atom stereocenters. The first-order valence-corrected chi connectivity index (χ1v) is 11.8. The van der Waals surface area contributed by atoms with E-state index in [0.717, 1.165) is 23.3 Å². The van der Waals surface area contributed by atoms with Gasteiger partial charge in [0.15, 0.2) is 0 Å². The van der Waals surface area contributed by atoms with Crippen molar-refractivity contribution in [2.75, 3.05) is 20.3 Å². The molecule has 6 heteroatoms. The molecule has 2 aromatic rings. The van der Waals surface area contributed by atoms with Gasteiger partial charge in [-0.1, -0.05) is 19.6 Å². The van der Waals surface area contributed by atoms with Crippen LogP contribution >= 0.6 is 0 Å². The van der Waals surface area contributed by atoms with Crippen LogP contribution in [0.1, 0.15) is 6.92 Å². The summed E-state index contributed by atoms with van der Waals surface area (Å²) < 4.78 is 18.5. The highest BCUT2D eigenvalue weighted by molar-refractivity contribution is 6.76. The summed E-state index contributed by atoms with van der Waals surface area (Å²) in [6, 6.07) is 7.09. The number of benzene rings is 1. The van der Waals surface area contributed by atoms with E-state index in [9.17, 15) is 0 Å². The number of fused-ring (bicyclic) bond motifs is 1. The molecule has 128 valence electrons. The van der Waals surface area contributed by atoms with Crippen molar-refractivity contribution in [1.29, 1.82) is 0 Å². The fraction of sp³-hybridized carbons (Fsp3) is 0.588. The molecule has 0 saturated carbocycles. The average molecular weight is 337 g/mol. The van der Waals surface area contributed by atoms with E-state index in [2.05, 4.69) is 24.7 Å². The minimum atomic E-state index is -1.04. The van der Waals surface area contributed by atoms with Gasteiger partial charge in [-0.3, -0.25) is 0 Å². The van der Waals surface area contributed by atoms with Crippen LogP contribution in [0.4, 0.5) is 0 Å². The van der Waals surface area contributed by atoms with Crippen molar-refractivity contribution in [2.45, 2.75) is 45.4 Å². The topological polar surface area (TPSA) is 45.5 Å². The Kier molecular flexibility index (Phi) is 6.21. The second-order valence-corrected chi connectivity index (χ2v) is 12.7. The van der Waals surface area contributed by atoms with E-state index >= 15 is 0 Å². The minimum absolute atomic E-state index is 0.0254. The van der Waals surface area contributed by atoms with Crippen molar-refractivity contribution in [3.05, 3.63) is 24.4 Å². The predicted molar refractivity (Wildman–Crippen MR) is 95.8 cm³/mol. The monoisotopic (exact) mass is 336 g/mol. The Bertz CT molecular complexity index is 622. The molecule has 0 saturated heterocycles. The predicted octanol–water partition coefficient (Wildman–Crippen LogP) is 3.76. The number of hydrogen-bond acceptors (Lipinski definition) is 4. The third-order valence-electron chi connectivity index (χ3n) is 3.48. The van der Waals surface area contributed by atoms with Crippen molar-refractivity contribution in [3.8, 4) is 5.75 Å². The van der Waals surface area contributed by atoms with E-state index < -0.39 is 8.07 Å². The zero-order chi connectivity index (χ0) is 16.9. The van der Waals surface area contributed by atoms with Gasteiger partial charge in [0.2, 0.25) is 0 Å². The molecule has 0 N–H and O–H groups in total. The molecule has 0 radical (unpaired) electrons. The second kappa shape index (κ2) is 7.94. The van der Waals surface area contributed by atoms with Crippen molar-refractivity contribution in [2.24, 2.45) is 0 Å². The van der Waals surface area contributed by atoms with Gasteiger partial charge in [0.25, 0.3) is 0 Å². The fourth-order valence-corrected chi connectivity index (χ4v) is 2.99. The summed E-state index contributed by atoms with van der Waals surface area (Å²) in [5.41, 5.74) is 0.950. The Balaban J connectivity index is 1.93. The lowest BCUT2D eigenvalue weighted by molar-refractivity contribution is 0.0791. The van der Waals surface area contributed by atoms with Crippen LogP contribution in [-0.2, 0) is 16.2 Å². The largest absolute Gasteiger partial charge is 0.488 e. The van der Waals surface area contributed by atoms with Gasteiger partial charge in [0.1, 0.15) is 18.6 Å². The number of methoxy groups -OCH3 is 1. The summed E-state index contributed by atoms with van der Waals surface area (Å²) in [5, 5.41) is 5.58. The molecule has 1 atom stereocenters. The van der Waals surface area contributed by atoms with E-state index in [-0.39, 0.29) is 6.10 Å². The Labute approximate surface area is 139 Å². The zero-order valence-corrected chi connectivity index (χ0v) is 15.8. The standard InChI is InChI=1S/C17H28N2O3Si/c1-14(12-20-2)22-16-6-7-17-15(10-16)11-19(18-17)13-21-8-9-23(3,4)5/h6-7,10-11,14H,8-9,12-13H2,1-5H3/t14-/m1/s1. The van der Waals surface area contributed by atoms with Crippen LogP contribution < -0.4 is 4.74 Å². The van der Waals surface area contributed by atoms with E-state index in [1.165, 1.54) is 6.04 Å². The number of aromatic nitrogens is 2. The number of rotatable bonds is 9. The Morgan fingerprint density at radius 1 is 1.26 bits per heavy atom. The molecule has 5 nitrogen and oxygen atoms in total. The Hall–Kier alpha value is -1.37. The van der Waals surface area contributed by atoms with Crippen LogP contribution in [0, 0.1) is 0 Å². The molecule has 1 heterocycles. The van der Waals surface area contributed by atoms with Gasteiger partial charge in [-0.15, -0.1) is 0 Å².